The number of fused-ring (bicyclic) bond motifs is 1. The third kappa shape index (κ3) is 2.12. The van der Waals surface area contributed by atoms with E-state index in [-0.39, 0.29) is 0 Å². The third-order valence-corrected chi connectivity index (χ3v) is 4.31. The van der Waals surface area contributed by atoms with Gasteiger partial charge in [-0.1, -0.05) is 10.3 Å². The molecule has 0 aromatic carbocycles. The Morgan fingerprint density at radius 2 is 2.47 bits per heavy atom. The molecule has 17 heavy (non-hydrogen) atoms. The summed E-state index contributed by atoms with van der Waals surface area (Å²) in [5.41, 5.74) is 3.25. The first-order valence-corrected chi connectivity index (χ1v) is 6.80. The molecule has 3 rings (SSSR count). The molecule has 5 heteroatoms. The molecule has 0 spiro atoms. The molecule has 90 valence electrons. The molecule has 0 bridgehead atoms. The fourth-order valence-corrected chi connectivity index (χ4v) is 3.32. The lowest BCUT2D eigenvalue weighted by Crippen LogP contribution is -2.24. The molecule has 1 N–H and O–H groups in total. The Morgan fingerprint density at radius 1 is 1.53 bits per heavy atom. The Morgan fingerprint density at radius 3 is 3.29 bits per heavy atom. The zero-order chi connectivity index (χ0) is 11.7. The van der Waals surface area contributed by atoms with Crippen molar-refractivity contribution in [2.75, 3.05) is 0 Å². The molecule has 1 aliphatic rings. The first-order valence-electron chi connectivity index (χ1n) is 5.92. The highest BCUT2D eigenvalue weighted by Gasteiger charge is 2.21. The summed E-state index contributed by atoms with van der Waals surface area (Å²) in [4.78, 5) is 1.53. The highest BCUT2D eigenvalue weighted by Crippen LogP contribution is 2.33. The number of hydrogen-bond acceptors (Lipinski definition) is 5. The normalized spacial score (nSPS) is 19.2. The van der Waals surface area contributed by atoms with Gasteiger partial charge in [0.05, 0.1) is 0 Å². The van der Waals surface area contributed by atoms with E-state index in [9.17, 15) is 0 Å². The van der Waals surface area contributed by atoms with Crippen molar-refractivity contribution < 1.29 is 4.63 Å². The third-order valence-electron chi connectivity index (χ3n) is 3.31. The van der Waals surface area contributed by atoms with Gasteiger partial charge in [-0.3, -0.25) is 0 Å². The van der Waals surface area contributed by atoms with Crippen LogP contribution >= 0.6 is 11.3 Å². The van der Waals surface area contributed by atoms with Crippen molar-refractivity contribution in [2.24, 2.45) is 0 Å². The highest BCUT2D eigenvalue weighted by molar-refractivity contribution is 7.10. The van der Waals surface area contributed by atoms with E-state index in [1.807, 2.05) is 18.3 Å². The van der Waals surface area contributed by atoms with Gasteiger partial charge in [0, 0.05) is 17.5 Å². The predicted molar refractivity (Wildman–Crippen MR) is 65.9 cm³/mol. The van der Waals surface area contributed by atoms with E-state index in [0.29, 0.717) is 6.04 Å². The van der Waals surface area contributed by atoms with Crippen LogP contribution in [0.1, 0.15) is 40.7 Å². The summed E-state index contributed by atoms with van der Waals surface area (Å²) >= 11 is 1.87. The lowest BCUT2D eigenvalue weighted by atomic mass is 9.94. The van der Waals surface area contributed by atoms with Crippen LogP contribution in [0.2, 0.25) is 0 Å². The Labute approximate surface area is 104 Å². The van der Waals surface area contributed by atoms with Gasteiger partial charge in [-0.05, 0) is 43.2 Å². The van der Waals surface area contributed by atoms with E-state index >= 15 is 0 Å². The topological polar surface area (TPSA) is 51.0 Å². The number of thiophene rings is 1. The second-order valence-corrected chi connectivity index (χ2v) is 5.42. The number of hydrogen-bond donors (Lipinski definition) is 1. The van der Waals surface area contributed by atoms with Crippen molar-refractivity contribution in [3.63, 3.8) is 0 Å². The summed E-state index contributed by atoms with van der Waals surface area (Å²) in [6.07, 6.45) is 3.70. The van der Waals surface area contributed by atoms with E-state index in [0.717, 1.165) is 17.9 Å². The molecule has 0 radical (unpaired) electrons. The van der Waals surface area contributed by atoms with Gasteiger partial charge in [-0.15, -0.1) is 11.3 Å². The Bertz CT molecular complexity index is 505. The minimum absolute atomic E-state index is 0.459. The molecular weight excluding hydrogens is 234 g/mol. The Hall–Kier alpha value is -1.20. The van der Waals surface area contributed by atoms with Gasteiger partial charge in [0.2, 0.25) is 0 Å². The molecule has 2 aromatic rings. The molecule has 0 fully saturated rings. The van der Waals surface area contributed by atoms with Crippen LogP contribution in [0, 0.1) is 6.92 Å². The van der Waals surface area contributed by atoms with Crippen molar-refractivity contribution >= 4 is 11.3 Å². The van der Waals surface area contributed by atoms with E-state index in [4.69, 9.17) is 4.63 Å². The van der Waals surface area contributed by atoms with E-state index < -0.39 is 0 Å². The van der Waals surface area contributed by atoms with Gasteiger partial charge in [0.1, 0.15) is 11.4 Å². The van der Waals surface area contributed by atoms with Gasteiger partial charge in [-0.25, -0.2) is 4.63 Å². The first-order chi connectivity index (χ1) is 8.34. The second kappa shape index (κ2) is 4.58. The lowest BCUT2D eigenvalue weighted by Gasteiger charge is -2.23. The molecule has 0 saturated heterocycles. The van der Waals surface area contributed by atoms with Crippen molar-refractivity contribution in [1.82, 2.24) is 15.6 Å². The maximum Gasteiger partial charge on any atom is 0.121 e. The standard InChI is InChI=1S/C12H15N3OS/c1-8-11(15-16-14-8)7-13-10-3-2-4-12-9(10)5-6-17-12/h5-6,10,13H,2-4,7H2,1H3. The van der Waals surface area contributed by atoms with Crippen LogP contribution in [0.4, 0.5) is 0 Å². The largest absolute Gasteiger partial charge is 0.304 e. The monoisotopic (exact) mass is 249 g/mol. The zero-order valence-electron chi connectivity index (χ0n) is 9.77. The number of aromatic nitrogens is 2. The summed E-state index contributed by atoms with van der Waals surface area (Å²) in [5, 5.41) is 13.4. The summed E-state index contributed by atoms with van der Waals surface area (Å²) < 4.78 is 4.70. The molecule has 1 aliphatic carbocycles. The second-order valence-electron chi connectivity index (χ2n) is 4.42. The van der Waals surface area contributed by atoms with Gasteiger partial charge in [-0.2, -0.15) is 0 Å². The van der Waals surface area contributed by atoms with Gasteiger partial charge < -0.3 is 5.32 Å². The molecule has 1 unspecified atom stereocenters. The highest BCUT2D eigenvalue weighted by atomic mass is 32.1. The SMILES string of the molecule is Cc1nonc1CNC1CCCc2sccc21. The first kappa shape index (κ1) is 10.9. The summed E-state index contributed by atoms with van der Waals surface area (Å²) in [6, 6.07) is 2.70. The zero-order valence-corrected chi connectivity index (χ0v) is 10.6. The van der Waals surface area contributed by atoms with Gasteiger partial charge in [0.15, 0.2) is 0 Å². The van der Waals surface area contributed by atoms with E-state index in [1.54, 1.807) is 0 Å². The van der Waals surface area contributed by atoms with Crippen LogP contribution in [0.5, 0.6) is 0 Å². The number of aryl methyl sites for hydroxylation is 2. The van der Waals surface area contributed by atoms with Crippen LogP contribution in [0.15, 0.2) is 16.1 Å². The summed E-state index contributed by atoms with van der Waals surface area (Å²) in [7, 11) is 0. The van der Waals surface area contributed by atoms with E-state index in [2.05, 4.69) is 27.1 Å². The molecule has 2 aromatic heterocycles. The van der Waals surface area contributed by atoms with Crippen LogP contribution in [-0.2, 0) is 13.0 Å². The summed E-state index contributed by atoms with van der Waals surface area (Å²) in [6.45, 7) is 2.65. The Kier molecular flexibility index (Phi) is 2.94. The van der Waals surface area contributed by atoms with Crippen molar-refractivity contribution in [1.29, 1.82) is 0 Å². The van der Waals surface area contributed by atoms with Crippen LogP contribution in [0.3, 0.4) is 0 Å². The van der Waals surface area contributed by atoms with Crippen molar-refractivity contribution in [3.8, 4) is 0 Å². The lowest BCUT2D eigenvalue weighted by molar-refractivity contribution is 0.299. The average Bonchev–Trinajstić information content (AvgIpc) is 2.95. The molecule has 0 aliphatic heterocycles. The molecule has 1 atom stereocenters. The smallest absolute Gasteiger partial charge is 0.121 e. The molecule has 4 nitrogen and oxygen atoms in total. The molecule has 0 amide bonds. The average molecular weight is 249 g/mol. The van der Waals surface area contributed by atoms with Crippen LogP contribution in [0.25, 0.3) is 0 Å². The molecule has 2 heterocycles. The minimum Gasteiger partial charge on any atom is -0.304 e. The number of rotatable bonds is 3. The van der Waals surface area contributed by atoms with Gasteiger partial charge in [0.25, 0.3) is 0 Å². The fraction of sp³-hybridized carbons (Fsp3) is 0.500. The number of nitrogens with zero attached hydrogens (tertiary/aromatic N) is 2. The van der Waals surface area contributed by atoms with Gasteiger partial charge >= 0.3 is 0 Å². The molecule has 0 saturated carbocycles. The quantitative estimate of drug-likeness (QED) is 0.908. The minimum atomic E-state index is 0.459. The fourth-order valence-electron chi connectivity index (χ4n) is 2.33. The maximum absolute atomic E-state index is 4.70. The van der Waals surface area contributed by atoms with Crippen LogP contribution < -0.4 is 5.32 Å². The van der Waals surface area contributed by atoms with Crippen molar-refractivity contribution in [2.45, 2.75) is 38.8 Å². The molecular formula is C12H15N3OS. The summed E-state index contributed by atoms with van der Waals surface area (Å²) in [5.74, 6) is 0. The van der Waals surface area contributed by atoms with Crippen molar-refractivity contribution in [3.05, 3.63) is 33.3 Å². The van der Waals surface area contributed by atoms with E-state index in [1.165, 1.54) is 29.7 Å². The predicted octanol–water partition coefficient (Wildman–Crippen LogP) is 2.61. The maximum atomic E-state index is 4.70. The van der Waals surface area contributed by atoms with Crippen LogP contribution in [-0.4, -0.2) is 10.3 Å². The Balaban J connectivity index is 1.70. The number of nitrogens with one attached hydrogen (secondary N) is 1.